The van der Waals surface area contributed by atoms with Gasteiger partial charge >= 0.3 is 0 Å². The minimum Gasteiger partial charge on any atom is -0.381 e. The zero-order chi connectivity index (χ0) is 18.6. The first-order chi connectivity index (χ1) is 12.7. The predicted molar refractivity (Wildman–Crippen MR) is 98.3 cm³/mol. The second-order valence-corrected chi connectivity index (χ2v) is 6.25. The minimum absolute atomic E-state index is 0.265. The molecule has 1 fully saturated rings. The van der Waals surface area contributed by atoms with Crippen LogP contribution in [0.3, 0.4) is 0 Å². The molecule has 2 N–H and O–H groups in total. The van der Waals surface area contributed by atoms with Crippen molar-refractivity contribution in [3.05, 3.63) is 35.1 Å². The average molecular weight is 362 g/mol. The van der Waals surface area contributed by atoms with Crippen molar-refractivity contribution in [2.75, 3.05) is 40.0 Å². The summed E-state index contributed by atoms with van der Waals surface area (Å²) in [6.45, 7) is 4.16. The zero-order valence-corrected chi connectivity index (χ0v) is 15.3. The highest BCUT2D eigenvalue weighted by Gasteiger charge is 2.13. The monoisotopic (exact) mass is 362 g/mol. The SMILES string of the molecule is CN=C(NCCCOCC1CCOCC1)NCc1cc(C#N)ccc1F. The molecule has 1 saturated heterocycles. The first-order valence-corrected chi connectivity index (χ1v) is 9.01. The van der Waals surface area contributed by atoms with Crippen LogP contribution in [-0.4, -0.2) is 46.0 Å². The molecule has 0 aliphatic carbocycles. The maximum Gasteiger partial charge on any atom is 0.191 e. The second kappa shape index (κ2) is 11.4. The lowest BCUT2D eigenvalue weighted by atomic mass is 10.0. The van der Waals surface area contributed by atoms with Crippen LogP contribution in [0.2, 0.25) is 0 Å². The van der Waals surface area contributed by atoms with Gasteiger partial charge in [0.15, 0.2) is 5.96 Å². The van der Waals surface area contributed by atoms with Crippen LogP contribution in [0, 0.1) is 23.1 Å². The first kappa shape index (κ1) is 20.1. The highest BCUT2D eigenvalue weighted by molar-refractivity contribution is 5.79. The quantitative estimate of drug-likeness (QED) is 0.421. The van der Waals surface area contributed by atoms with E-state index in [2.05, 4.69) is 15.6 Å². The van der Waals surface area contributed by atoms with Gasteiger partial charge in [-0.25, -0.2) is 4.39 Å². The van der Waals surface area contributed by atoms with Crippen LogP contribution in [0.15, 0.2) is 23.2 Å². The molecule has 6 nitrogen and oxygen atoms in total. The summed E-state index contributed by atoms with van der Waals surface area (Å²) in [4.78, 5) is 4.12. The molecule has 0 radical (unpaired) electrons. The van der Waals surface area contributed by atoms with Crippen molar-refractivity contribution in [3.8, 4) is 6.07 Å². The maximum atomic E-state index is 13.8. The number of nitrogens with one attached hydrogen (secondary N) is 2. The number of benzene rings is 1. The molecular formula is C19H27FN4O2. The number of nitriles is 1. The first-order valence-electron chi connectivity index (χ1n) is 9.01. The summed E-state index contributed by atoms with van der Waals surface area (Å²) in [6, 6.07) is 6.33. The summed E-state index contributed by atoms with van der Waals surface area (Å²) in [5.41, 5.74) is 0.875. The van der Waals surface area contributed by atoms with E-state index in [1.165, 1.54) is 12.1 Å². The van der Waals surface area contributed by atoms with E-state index in [0.29, 0.717) is 36.2 Å². The Morgan fingerprint density at radius 3 is 2.92 bits per heavy atom. The Balaban J connectivity index is 1.61. The zero-order valence-electron chi connectivity index (χ0n) is 15.3. The van der Waals surface area contributed by atoms with Crippen LogP contribution in [0.4, 0.5) is 4.39 Å². The van der Waals surface area contributed by atoms with Gasteiger partial charge in [0.2, 0.25) is 0 Å². The highest BCUT2D eigenvalue weighted by Crippen LogP contribution is 2.14. The third-order valence-electron chi connectivity index (χ3n) is 4.30. The van der Waals surface area contributed by atoms with Crippen molar-refractivity contribution < 1.29 is 13.9 Å². The molecule has 0 atom stereocenters. The molecule has 1 aliphatic heterocycles. The van der Waals surface area contributed by atoms with Crippen LogP contribution >= 0.6 is 0 Å². The predicted octanol–water partition coefficient (Wildman–Crippen LogP) is 2.20. The Bertz CT molecular complexity index is 624. The van der Waals surface area contributed by atoms with Gasteiger partial charge in [-0.1, -0.05) is 0 Å². The molecule has 0 bridgehead atoms. The van der Waals surface area contributed by atoms with Gasteiger partial charge in [-0.2, -0.15) is 5.26 Å². The number of hydrogen-bond acceptors (Lipinski definition) is 4. The minimum atomic E-state index is -0.339. The molecule has 0 unspecified atom stereocenters. The van der Waals surface area contributed by atoms with E-state index in [-0.39, 0.29) is 12.4 Å². The van der Waals surface area contributed by atoms with E-state index in [4.69, 9.17) is 14.7 Å². The lowest BCUT2D eigenvalue weighted by Crippen LogP contribution is -2.37. The van der Waals surface area contributed by atoms with Crippen molar-refractivity contribution in [2.24, 2.45) is 10.9 Å². The summed E-state index contributed by atoms with van der Waals surface area (Å²) in [7, 11) is 1.67. The van der Waals surface area contributed by atoms with E-state index in [9.17, 15) is 4.39 Å². The smallest absolute Gasteiger partial charge is 0.191 e. The number of rotatable bonds is 8. The van der Waals surface area contributed by atoms with Crippen LogP contribution < -0.4 is 10.6 Å². The average Bonchev–Trinajstić information content (AvgIpc) is 2.68. The van der Waals surface area contributed by atoms with E-state index in [1.54, 1.807) is 13.1 Å². The molecule has 2 rings (SSSR count). The summed E-state index contributed by atoms with van der Waals surface area (Å²) < 4.78 is 24.8. The fraction of sp³-hybridized carbons (Fsp3) is 0.579. The Morgan fingerprint density at radius 1 is 1.38 bits per heavy atom. The van der Waals surface area contributed by atoms with Gasteiger partial charge in [0.25, 0.3) is 0 Å². The van der Waals surface area contributed by atoms with Gasteiger partial charge in [0.1, 0.15) is 5.82 Å². The van der Waals surface area contributed by atoms with Crippen molar-refractivity contribution in [3.63, 3.8) is 0 Å². The number of hydrogen-bond donors (Lipinski definition) is 2. The van der Waals surface area contributed by atoms with Crippen molar-refractivity contribution >= 4 is 5.96 Å². The van der Waals surface area contributed by atoms with Crippen molar-refractivity contribution in [1.82, 2.24) is 10.6 Å². The molecule has 0 amide bonds. The Kier molecular flexibility index (Phi) is 8.87. The third kappa shape index (κ3) is 6.98. The van der Waals surface area contributed by atoms with Gasteiger partial charge in [0.05, 0.1) is 11.6 Å². The van der Waals surface area contributed by atoms with Gasteiger partial charge in [-0.15, -0.1) is 0 Å². The molecule has 142 valence electrons. The topological polar surface area (TPSA) is 78.7 Å². The Morgan fingerprint density at radius 2 is 2.19 bits per heavy atom. The normalized spacial score (nSPS) is 15.5. The van der Waals surface area contributed by atoms with E-state index >= 15 is 0 Å². The van der Waals surface area contributed by atoms with Crippen LogP contribution in [0.25, 0.3) is 0 Å². The van der Waals surface area contributed by atoms with E-state index in [1.807, 2.05) is 6.07 Å². The van der Waals surface area contributed by atoms with E-state index < -0.39 is 0 Å². The molecule has 0 saturated carbocycles. The van der Waals surface area contributed by atoms with Crippen LogP contribution in [0.5, 0.6) is 0 Å². The van der Waals surface area contributed by atoms with Crippen LogP contribution in [-0.2, 0) is 16.0 Å². The number of guanidine groups is 1. The van der Waals surface area contributed by atoms with Gasteiger partial charge in [0, 0.05) is 52.1 Å². The lowest BCUT2D eigenvalue weighted by Gasteiger charge is -2.21. The van der Waals surface area contributed by atoms with Crippen molar-refractivity contribution in [1.29, 1.82) is 5.26 Å². The Hall–Kier alpha value is -2.17. The summed E-state index contributed by atoms with van der Waals surface area (Å²) in [5.74, 6) is 0.870. The summed E-state index contributed by atoms with van der Waals surface area (Å²) in [6.07, 6.45) is 3.03. The molecule has 1 heterocycles. The number of halogens is 1. The second-order valence-electron chi connectivity index (χ2n) is 6.25. The van der Waals surface area contributed by atoms with Gasteiger partial charge < -0.3 is 20.1 Å². The maximum absolute atomic E-state index is 13.8. The molecule has 1 aliphatic rings. The van der Waals surface area contributed by atoms with Crippen molar-refractivity contribution in [2.45, 2.75) is 25.8 Å². The number of nitrogens with zero attached hydrogens (tertiary/aromatic N) is 2. The third-order valence-corrected chi connectivity index (χ3v) is 4.30. The standard InChI is InChI=1S/C19H27FN4O2/c1-22-19(24-13-17-11-16(12-21)3-4-18(17)20)23-7-2-8-26-14-15-5-9-25-10-6-15/h3-4,11,15H,2,5-10,13-14H2,1H3,(H2,22,23,24). The molecule has 7 heteroatoms. The lowest BCUT2D eigenvalue weighted by molar-refractivity contribution is 0.0203. The van der Waals surface area contributed by atoms with E-state index in [0.717, 1.165) is 39.1 Å². The van der Waals surface area contributed by atoms with Gasteiger partial charge in [-0.3, -0.25) is 4.99 Å². The molecule has 0 aromatic heterocycles. The molecule has 1 aromatic carbocycles. The number of aliphatic imine (C=N–C) groups is 1. The number of ether oxygens (including phenoxy) is 2. The van der Waals surface area contributed by atoms with Gasteiger partial charge in [-0.05, 0) is 43.4 Å². The summed E-state index contributed by atoms with van der Waals surface area (Å²) >= 11 is 0. The molecular weight excluding hydrogens is 335 g/mol. The van der Waals surface area contributed by atoms with Crippen LogP contribution in [0.1, 0.15) is 30.4 Å². The Labute approximate surface area is 154 Å². The molecule has 26 heavy (non-hydrogen) atoms. The fourth-order valence-electron chi connectivity index (χ4n) is 2.72. The molecule has 0 spiro atoms. The molecule has 1 aromatic rings. The largest absolute Gasteiger partial charge is 0.381 e. The summed E-state index contributed by atoms with van der Waals surface area (Å²) in [5, 5.41) is 15.1. The highest BCUT2D eigenvalue weighted by atomic mass is 19.1. The fourth-order valence-corrected chi connectivity index (χ4v) is 2.72.